The van der Waals surface area contributed by atoms with E-state index in [1.165, 1.54) is 0 Å². The largest absolute Gasteiger partial charge is 0.445 e. The molecular weight excluding hydrogens is 288 g/mol. The van der Waals surface area contributed by atoms with Crippen LogP contribution >= 0.6 is 0 Å². The lowest BCUT2D eigenvalue weighted by Crippen LogP contribution is -2.53. The summed E-state index contributed by atoms with van der Waals surface area (Å²) in [6, 6.07) is 10.5. The number of ether oxygens (including phenoxy) is 1. The molecule has 0 spiro atoms. The van der Waals surface area contributed by atoms with E-state index in [-0.39, 0.29) is 12.1 Å². The minimum atomic E-state index is -0.306. The third kappa shape index (κ3) is 5.54. The molecule has 23 heavy (non-hydrogen) atoms. The minimum Gasteiger partial charge on any atom is -0.445 e. The molecule has 0 aliphatic carbocycles. The third-order valence-electron chi connectivity index (χ3n) is 4.89. The zero-order valence-corrected chi connectivity index (χ0v) is 14.6. The van der Waals surface area contributed by atoms with Crippen molar-refractivity contribution in [2.24, 2.45) is 5.92 Å². The molecule has 3 unspecified atom stereocenters. The van der Waals surface area contributed by atoms with E-state index in [1.54, 1.807) is 0 Å². The second-order valence-corrected chi connectivity index (χ2v) is 6.62. The molecule has 0 bridgehead atoms. The zero-order valence-electron chi connectivity index (χ0n) is 14.6. The summed E-state index contributed by atoms with van der Waals surface area (Å²) in [5.41, 5.74) is 1.01. The minimum absolute atomic E-state index is 0.186. The summed E-state index contributed by atoms with van der Waals surface area (Å²) in [6.45, 7) is 9.11. The Hall–Kier alpha value is -1.55. The van der Waals surface area contributed by atoms with Gasteiger partial charge < -0.3 is 10.1 Å². The normalized spacial score (nSPS) is 23.3. The Balaban J connectivity index is 1.83. The summed E-state index contributed by atoms with van der Waals surface area (Å²) in [7, 11) is 0. The molecule has 1 saturated heterocycles. The van der Waals surface area contributed by atoms with Gasteiger partial charge in [-0.05, 0) is 31.2 Å². The van der Waals surface area contributed by atoms with Crippen LogP contribution in [0.1, 0.15) is 45.6 Å². The maximum absolute atomic E-state index is 12.1. The molecule has 1 N–H and O–H groups in total. The van der Waals surface area contributed by atoms with E-state index in [4.69, 9.17) is 4.74 Å². The van der Waals surface area contributed by atoms with E-state index in [1.807, 2.05) is 30.3 Å². The van der Waals surface area contributed by atoms with Crippen LogP contribution in [0.2, 0.25) is 0 Å². The van der Waals surface area contributed by atoms with E-state index < -0.39 is 0 Å². The molecule has 0 aromatic heterocycles. The number of carbonyl (C=O) groups is 1. The third-order valence-corrected chi connectivity index (χ3v) is 4.89. The lowest BCUT2D eigenvalue weighted by molar-refractivity contribution is 0.0885. The van der Waals surface area contributed by atoms with E-state index >= 15 is 0 Å². The average Bonchev–Trinajstić information content (AvgIpc) is 2.59. The number of amides is 1. The second kappa shape index (κ2) is 8.92. The highest BCUT2D eigenvalue weighted by atomic mass is 16.5. The van der Waals surface area contributed by atoms with E-state index in [2.05, 4.69) is 31.0 Å². The van der Waals surface area contributed by atoms with Gasteiger partial charge >= 0.3 is 6.09 Å². The summed E-state index contributed by atoms with van der Waals surface area (Å²) in [4.78, 5) is 14.6. The molecule has 1 heterocycles. The predicted octanol–water partition coefficient (Wildman–Crippen LogP) is 3.81. The maximum atomic E-state index is 12.1. The van der Waals surface area contributed by atoms with Crippen molar-refractivity contribution in [1.82, 2.24) is 10.2 Å². The van der Waals surface area contributed by atoms with Crippen LogP contribution in [0.3, 0.4) is 0 Å². The van der Waals surface area contributed by atoms with Crippen molar-refractivity contribution in [2.75, 3.05) is 13.1 Å². The molecular formula is C19H30N2O2. The highest BCUT2D eigenvalue weighted by Gasteiger charge is 2.29. The van der Waals surface area contributed by atoms with Crippen LogP contribution in [0.25, 0.3) is 0 Å². The highest BCUT2D eigenvalue weighted by Crippen LogP contribution is 2.22. The summed E-state index contributed by atoms with van der Waals surface area (Å²) < 4.78 is 5.35. The van der Waals surface area contributed by atoms with Crippen molar-refractivity contribution in [3.8, 4) is 0 Å². The topological polar surface area (TPSA) is 41.6 Å². The number of nitrogens with zero attached hydrogens (tertiary/aromatic N) is 1. The maximum Gasteiger partial charge on any atom is 0.407 e. The van der Waals surface area contributed by atoms with Gasteiger partial charge in [-0.25, -0.2) is 4.79 Å². The Morgan fingerprint density at radius 2 is 2.04 bits per heavy atom. The Kier molecular flexibility index (Phi) is 6.90. The molecule has 0 saturated carbocycles. The predicted molar refractivity (Wildman–Crippen MR) is 93.3 cm³/mol. The molecule has 0 radical (unpaired) electrons. The molecule has 1 aromatic rings. The first-order chi connectivity index (χ1) is 11.1. The molecule has 128 valence electrons. The molecule has 4 nitrogen and oxygen atoms in total. The fourth-order valence-corrected chi connectivity index (χ4v) is 3.19. The summed E-state index contributed by atoms with van der Waals surface area (Å²) in [6.07, 6.45) is 3.04. The van der Waals surface area contributed by atoms with E-state index in [0.717, 1.165) is 37.9 Å². The van der Waals surface area contributed by atoms with Crippen molar-refractivity contribution in [3.05, 3.63) is 35.9 Å². The molecule has 2 rings (SSSR count). The number of rotatable bonds is 6. The second-order valence-electron chi connectivity index (χ2n) is 6.62. The van der Waals surface area contributed by atoms with E-state index in [0.29, 0.717) is 18.6 Å². The van der Waals surface area contributed by atoms with Crippen LogP contribution in [-0.2, 0) is 11.3 Å². The molecule has 1 aromatic carbocycles. The van der Waals surface area contributed by atoms with Crippen LogP contribution in [0.5, 0.6) is 0 Å². The molecule has 3 atom stereocenters. The van der Waals surface area contributed by atoms with Crippen LogP contribution in [-0.4, -0.2) is 36.2 Å². The average molecular weight is 318 g/mol. The van der Waals surface area contributed by atoms with Crippen molar-refractivity contribution < 1.29 is 9.53 Å². The van der Waals surface area contributed by atoms with Gasteiger partial charge in [0.25, 0.3) is 0 Å². The summed E-state index contributed by atoms with van der Waals surface area (Å²) >= 11 is 0. The van der Waals surface area contributed by atoms with Gasteiger partial charge in [0.15, 0.2) is 0 Å². The number of benzene rings is 1. The van der Waals surface area contributed by atoms with Gasteiger partial charge in [-0.1, -0.05) is 50.6 Å². The number of piperidine rings is 1. The van der Waals surface area contributed by atoms with Crippen molar-refractivity contribution in [2.45, 2.75) is 58.7 Å². The Labute approximate surface area is 140 Å². The van der Waals surface area contributed by atoms with Crippen LogP contribution in [0.15, 0.2) is 30.3 Å². The quantitative estimate of drug-likeness (QED) is 0.867. The van der Waals surface area contributed by atoms with Crippen molar-refractivity contribution in [3.63, 3.8) is 0 Å². The lowest BCUT2D eigenvalue weighted by Gasteiger charge is -2.40. The fourth-order valence-electron chi connectivity index (χ4n) is 3.19. The number of nitrogens with one attached hydrogen (secondary N) is 1. The molecule has 1 aliphatic rings. The van der Waals surface area contributed by atoms with Gasteiger partial charge in [-0.2, -0.15) is 0 Å². The number of carbonyl (C=O) groups excluding carboxylic acids is 1. The SMILES string of the molecule is CCC1CC(NC(=O)OCc2ccccc2)CN(C(C)CC)C1. The van der Waals surface area contributed by atoms with Gasteiger partial charge in [0, 0.05) is 25.2 Å². The van der Waals surface area contributed by atoms with Gasteiger partial charge in [0.2, 0.25) is 0 Å². The van der Waals surface area contributed by atoms with Gasteiger partial charge in [0.1, 0.15) is 6.61 Å². The van der Waals surface area contributed by atoms with Crippen molar-refractivity contribution in [1.29, 1.82) is 0 Å². The smallest absolute Gasteiger partial charge is 0.407 e. The molecule has 1 amide bonds. The summed E-state index contributed by atoms with van der Waals surface area (Å²) in [5, 5.41) is 3.06. The standard InChI is InChI=1S/C19H30N2O2/c1-4-15(3)21-12-16(5-2)11-18(13-21)20-19(22)23-14-17-9-7-6-8-10-17/h6-10,15-16,18H,4-5,11-14H2,1-3H3,(H,20,22). The van der Waals surface area contributed by atoms with Crippen LogP contribution < -0.4 is 5.32 Å². The first-order valence-corrected chi connectivity index (χ1v) is 8.83. The Morgan fingerprint density at radius 1 is 1.30 bits per heavy atom. The first kappa shape index (κ1) is 17.8. The monoisotopic (exact) mass is 318 g/mol. The van der Waals surface area contributed by atoms with Gasteiger partial charge in [0.05, 0.1) is 0 Å². The Morgan fingerprint density at radius 3 is 2.70 bits per heavy atom. The zero-order chi connectivity index (χ0) is 16.7. The Bertz CT molecular complexity index is 478. The molecule has 1 fully saturated rings. The van der Waals surface area contributed by atoms with Gasteiger partial charge in [-0.15, -0.1) is 0 Å². The molecule has 4 heteroatoms. The lowest BCUT2D eigenvalue weighted by atomic mass is 9.91. The number of likely N-dealkylation sites (tertiary alicyclic amines) is 1. The number of hydrogen-bond donors (Lipinski definition) is 1. The van der Waals surface area contributed by atoms with Gasteiger partial charge in [-0.3, -0.25) is 4.90 Å². The number of hydrogen-bond acceptors (Lipinski definition) is 3. The molecule has 1 aliphatic heterocycles. The summed E-state index contributed by atoms with van der Waals surface area (Å²) in [5.74, 6) is 0.650. The van der Waals surface area contributed by atoms with Crippen LogP contribution in [0.4, 0.5) is 4.79 Å². The van der Waals surface area contributed by atoms with E-state index in [9.17, 15) is 4.79 Å². The fraction of sp³-hybridized carbons (Fsp3) is 0.632. The number of alkyl carbamates (subject to hydrolysis) is 1. The van der Waals surface area contributed by atoms with Crippen LogP contribution in [0, 0.1) is 5.92 Å². The highest BCUT2D eigenvalue weighted by molar-refractivity contribution is 5.67. The first-order valence-electron chi connectivity index (χ1n) is 8.83. The van der Waals surface area contributed by atoms with Crippen molar-refractivity contribution >= 4 is 6.09 Å².